The zero-order chi connectivity index (χ0) is 13.3. The number of alkyl halides is 3. The van der Waals surface area contributed by atoms with Crippen molar-refractivity contribution >= 4 is 28.5 Å². The molecule has 0 radical (unpaired) electrons. The third kappa shape index (κ3) is 2.88. The Morgan fingerprint density at radius 1 is 1.44 bits per heavy atom. The minimum Gasteiger partial charge on any atom is -0.399 e. The largest absolute Gasteiger partial charge is 0.415 e. The van der Waals surface area contributed by atoms with Crippen LogP contribution in [0.3, 0.4) is 0 Å². The number of nitrogens with zero attached hydrogens (tertiary/aromatic N) is 1. The molecule has 18 heavy (non-hydrogen) atoms. The van der Waals surface area contributed by atoms with Crippen molar-refractivity contribution in [3.05, 3.63) is 18.2 Å². The zero-order valence-electron chi connectivity index (χ0n) is 9.03. The molecule has 1 heterocycles. The van der Waals surface area contributed by atoms with Crippen molar-refractivity contribution in [2.24, 2.45) is 0 Å². The number of aliphatic hydroxyl groups is 1. The number of nitrogens with two attached hydrogens (primary N) is 1. The van der Waals surface area contributed by atoms with Crippen LogP contribution in [0.15, 0.2) is 23.4 Å². The van der Waals surface area contributed by atoms with Crippen LogP contribution in [0.4, 0.5) is 18.9 Å². The Morgan fingerprint density at radius 2 is 2.17 bits per heavy atom. The quantitative estimate of drug-likeness (QED) is 0.593. The second-order valence-corrected chi connectivity index (χ2v) is 4.70. The highest BCUT2D eigenvalue weighted by atomic mass is 32.2. The van der Waals surface area contributed by atoms with Crippen LogP contribution in [0.2, 0.25) is 0 Å². The molecule has 0 fully saturated rings. The maximum Gasteiger partial charge on any atom is 0.415 e. The summed E-state index contributed by atoms with van der Waals surface area (Å²) in [5, 5.41) is 9.18. The van der Waals surface area contributed by atoms with Gasteiger partial charge in [-0.2, -0.15) is 13.2 Å². The van der Waals surface area contributed by atoms with Gasteiger partial charge in [-0.25, -0.2) is 4.98 Å². The summed E-state index contributed by atoms with van der Waals surface area (Å²) < 4.78 is 36.3. The van der Waals surface area contributed by atoms with E-state index in [-0.39, 0.29) is 0 Å². The number of thioether (sulfide) groups is 1. The monoisotopic (exact) mass is 277 g/mol. The van der Waals surface area contributed by atoms with E-state index in [9.17, 15) is 13.2 Å². The van der Waals surface area contributed by atoms with Crippen molar-refractivity contribution in [1.82, 2.24) is 9.97 Å². The van der Waals surface area contributed by atoms with E-state index in [1.807, 2.05) is 0 Å². The Bertz CT molecular complexity index is 555. The van der Waals surface area contributed by atoms with Crippen molar-refractivity contribution in [2.45, 2.75) is 17.4 Å². The first-order valence-electron chi connectivity index (χ1n) is 4.99. The number of aromatic nitrogens is 2. The van der Waals surface area contributed by atoms with Crippen molar-refractivity contribution in [3.63, 3.8) is 0 Å². The van der Waals surface area contributed by atoms with E-state index in [1.54, 1.807) is 18.2 Å². The van der Waals surface area contributed by atoms with Crippen LogP contribution in [0, 0.1) is 0 Å². The first kappa shape index (κ1) is 13.0. The summed E-state index contributed by atoms with van der Waals surface area (Å²) in [4.78, 5) is 6.92. The number of halogens is 3. The Balaban J connectivity index is 2.09. The molecule has 0 aliphatic rings. The average Bonchev–Trinajstić information content (AvgIpc) is 2.66. The van der Waals surface area contributed by atoms with Gasteiger partial charge < -0.3 is 15.8 Å². The Morgan fingerprint density at radius 3 is 2.83 bits per heavy atom. The number of fused-ring (bicyclic) bond motifs is 1. The molecule has 1 aromatic heterocycles. The third-order valence-electron chi connectivity index (χ3n) is 2.24. The van der Waals surface area contributed by atoms with Gasteiger partial charge >= 0.3 is 6.18 Å². The first-order chi connectivity index (χ1) is 8.36. The van der Waals surface area contributed by atoms with Crippen LogP contribution in [0.1, 0.15) is 0 Å². The van der Waals surface area contributed by atoms with E-state index >= 15 is 0 Å². The minimum atomic E-state index is -4.61. The molecule has 0 amide bonds. The number of benzene rings is 1. The van der Waals surface area contributed by atoms with Crippen LogP contribution in [0.5, 0.6) is 0 Å². The maximum absolute atomic E-state index is 12.1. The van der Waals surface area contributed by atoms with Crippen LogP contribution in [-0.4, -0.2) is 33.1 Å². The lowest BCUT2D eigenvalue weighted by Gasteiger charge is -2.12. The predicted molar refractivity (Wildman–Crippen MR) is 63.3 cm³/mol. The van der Waals surface area contributed by atoms with E-state index in [1.165, 1.54) is 0 Å². The van der Waals surface area contributed by atoms with E-state index in [4.69, 9.17) is 10.8 Å². The number of rotatable bonds is 3. The molecule has 0 spiro atoms. The molecule has 98 valence electrons. The lowest BCUT2D eigenvalue weighted by molar-refractivity contribution is -0.195. The number of anilines is 1. The number of hydrogen-bond acceptors (Lipinski definition) is 4. The molecule has 2 aromatic rings. The maximum atomic E-state index is 12.1. The van der Waals surface area contributed by atoms with Gasteiger partial charge in [0, 0.05) is 11.4 Å². The van der Waals surface area contributed by atoms with Crippen LogP contribution >= 0.6 is 11.8 Å². The normalized spacial score (nSPS) is 14.0. The first-order valence-corrected chi connectivity index (χ1v) is 5.97. The molecule has 0 saturated heterocycles. The van der Waals surface area contributed by atoms with Crippen LogP contribution in [-0.2, 0) is 0 Å². The zero-order valence-corrected chi connectivity index (χ0v) is 9.85. The molecule has 0 aliphatic heterocycles. The van der Waals surface area contributed by atoms with Crippen LogP contribution < -0.4 is 5.73 Å². The fraction of sp³-hybridized carbons (Fsp3) is 0.300. The summed E-state index contributed by atoms with van der Waals surface area (Å²) in [7, 11) is 0. The fourth-order valence-corrected chi connectivity index (χ4v) is 2.17. The second kappa shape index (κ2) is 4.69. The van der Waals surface area contributed by atoms with Crippen molar-refractivity contribution < 1.29 is 18.3 Å². The smallest absolute Gasteiger partial charge is 0.399 e. The van der Waals surface area contributed by atoms with Crippen molar-refractivity contribution in [1.29, 1.82) is 0 Å². The third-order valence-corrected chi connectivity index (χ3v) is 3.19. The topological polar surface area (TPSA) is 74.9 Å². The summed E-state index contributed by atoms with van der Waals surface area (Å²) in [5.74, 6) is -0.501. The Kier molecular flexibility index (Phi) is 3.40. The highest BCUT2D eigenvalue weighted by Crippen LogP contribution is 2.27. The number of H-pyrrole nitrogens is 1. The van der Waals surface area contributed by atoms with Gasteiger partial charge in [0.25, 0.3) is 0 Å². The number of nitrogen functional groups attached to an aromatic ring is 1. The second-order valence-electron chi connectivity index (χ2n) is 3.69. The molecular formula is C10H10F3N3OS. The van der Waals surface area contributed by atoms with Gasteiger partial charge in [-0.1, -0.05) is 11.8 Å². The molecule has 8 heteroatoms. The van der Waals surface area contributed by atoms with Crippen molar-refractivity contribution in [2.75, 3.05) is 11.5 Å². The highest BCUT2D eigenvalue weighted by molar-refractivity contribution is 7.99. The summed E-state index contributed by atoms with van der Waals surface area (Å²) in [6.45, 7) is 0. The summed E-state index contributed by atoms with van der Waals surface area (Å²) in [6, 6.07) is 4.97. The van der Waals surface area contributed by atoms with Gasteiger partial charge in [0.2, 0.25) is 0 Å². The van der Waals surface area contributed by atoms with Crippen molar-refractivity contribution in [3.8, 4) is 0 Å². The number of aliphatic hydroxyl groups excluding tert-OH is 1. The number of nitrogens with one attached hydrogen (secondary N) is 1. The van der Waals surface area contributed by atoms with E-state index < -0.39 is 18.0 Å². The molecule has 1 atom stereocenters. The van der Waals surface area contributed by atoms with Gasteiger partial charge in [-0.3, -0.25) is 0 Å². The Labute approximate surface area is 104 Å². The van der Waals surface area contributed by atoms with Crippen LogP contribution in [0.25, 0.3) is 11.0 Å². The molecular weight excluding hydrogens is 267 g/mol. The highest BCUT2D eigenvalue weighted by Gasteiger charge is 2.38. The lowest BCUT2D eigenvalue weighted by Crippen LogP contribution is -2.30. The molecule has 0 aliphatic carbocycles. The van der Waals surface area contributed by atoms with Gasteiger partial charge in [-0.15, -0.1) is 0 Å². The minimum absolute atomic E-state index is 0.318. The summed E-state index contributed by atoms with van der Waals surface area (Å²) in [5.41, 5.74) is 7.38. The molecule has 4 N–H and O–H groups in total. The number of hydrogen-bond donors (Lipinski definition) is 3. The van der Waals surface area contributed by atoms with Gasteiger partial charge in [0.1, 0.15) is 0 Å². The lowest BCUT2D eigenvalue weighted by atomic mass is 10.3. The molecule has 4 nitrogen and oxygen atoms in total. The molecule has 1 unspecified atom stereocenters. The average molecular weight is 277 g/mol. The van der Waals surface area contributed by atoms with E-state index in [0.29, 0.717) is 21.9 Å². The molecule has 0 bridgehead atoms. The van der Waals surface area contributed by atoms with E-state index in [0.717, 1.165) is 11.8 Å². The molecule has 1 aromatic carbocycles. The van der Waals surface area contributed by atoms with Gasteiger partial charge in [0.05, 0.1) is 11.0 Å². The standard InChI is InChI=1S/C10H10F3N3OS/c11-10(12,13)8(17)4-18-9-15-6-2-1-5(14)3-7(6)16-9/h1-3,8,17H,4,14H2,(H,15,16). The summed E-state index contributed by atoms with van der Waals surface area (Å²) in [6.07, 6.45) is -6.97. The summed E-state index contributed by atoms with van der Waals surface area (Å²) >= 11 is 0.810. The SMILES string of the molecule is Nc1ccc2nc(SCC(O)C(F)(F)F)[nH]c2c1. The van der Waals surface area contributed by atoms with Gasteiger partial charge in [-0.05, 0) is 18.2 Å². The number of imidazole rings is 1. The molecule has 0 saturated carbocycles. The van der Waals surface area contributed by atoms with Gasteiger partial charge in [0.15, 0.2) is 11.3 Å². The molecule has 2 rings (SSSR count). The number of aromatic amines is 1. The fourth-order valence-electron chi connectivity index (χ4n) is 1.32. The predicted octanol–water partition coefficient (Wildman–Crippen LogP) is 2.16. The Hall–Kier alpha value is -1.41. The van der Waals surface area contributed by atoms with E-state index in [2.05, 4.69) is 9.97 Å².